The highest BCUT2D eigenvalue weighted by Gasteiger charge is 2.15. The molecule has 0 aromatic heterocycles. The minimum absolute atomic E-state index is 0.200. The van der Waals surface area contributed by atoms with Crippen molar-refractivity contribution in [1.82, 2.24) is 0 Å². The van der Waals surface area contributed by atoms with Gasteiger partial charge in [-0.3, -0.25) is 0 Å². The molecule has 0 N–H and O–H groups in total. The minimum Gasteiger partial charge on any atom is -0.378 e. The molecule has 0 aliphatic rings. The SMILES string of the molecule is C=CC(c1ccccc1)C(C)OCCCCCC. The van der Waals surface area contributed by atoms with Gasteiger partial charge in [-0.15, -0.1) is 6.58 Å². The summed E-state index contributed by atoms with van der Waals surface area (Å²) in [5.74, 6) is 0.289. The average molecular weight is 246 g/mol. The van der Waals surface area contributed by atoms with Crippen molar-refractivity contribution in [1.29, 1.82) is 0 Å². The summed E-state index contributed by atoms with van der Waals surface area (Å²) in [7, 11) is 0. The Hall–Kier alpha value is -1.08. The average Bonchev–Trinajstić information content (AvgIpc) is 2.40. The summed E-state index contributed by atoms with van der Waals surface area (Å²) < 4.78 is 5.92. The maximum Gasteiger partial charge on any atom is 0.0649 e. The van der Waals surface area contributed by atoms with Crippen molar-refractivity contribution < 1.29 is 4.74 Å². The topological polar surface area (TPSA) is 9.23 Å². The zero-order valence-corrected chi connectivity index (χ0v) is 11.8. The molecule has 1 aromatic carbocycles. The van der Waals surface area contributed by atoms with Gasteiger partial charge in [0, 0.05) is 12.5 Å². The van der Waals surface area contributed by atoms with E-state index in [1.165, 1.54) is 24.8 Å². The number of hydrogen-bond donors (Lipinski definition) is 0. The smallest absolute Gasteiger partial charge is 0.0649 e. The molecular formula is C17H26O. The Balaban J connectivity index is 2.38. The number of benzene rings is 1. The van der Waals surface area contributed by atoms with E-state index in [1.807, 2.05) is 12.1 Å². The van der Waals surface area contributed by atoms with E-state index in [-0.39, 0.29) is 12.0 Å². The molecule has 1 nitrogen and oxygen atoms in total. The fourth-order valence-electron chi connectivity index (χ4n) is 2.18. The fourth-order valence-corrected chi connectivity index (χ4v) is 2.18. The molecule has 0 aliphatic heterocycles. The first-order chi connectivity index (χ1) is 8.79. The van der Waals surface area contributed by atoms with Gasteiger partial charge in [0.05, 0.1) is 6.10 Å². The van der Waals surface area contributed by atoms with Crippen LogP contribution in [0.3, 0.4) is 0 Å². The highest BCUT2D eigenvalue weighted by Crippen LogP contribution is 2.23. The Morgan fingerprint density at radius 2 is 1.89 bits per heavy atom. The van der Waals surface area contributed by atoms with Gasteiger partial charge in [-0.25, -0.2) is 0 Å². The van der Waals surface area contributed by atoms with Crippen LogP contribution in [-0.4, -0.2) is 12.7 Å². The van der Waals surface area contributed by atoms with Crippen molar-refractivity contribution in [2.45, 2.75) is 51.6 Å². The van der Waals surface area contributed by atoms with Gasteiger partial charge in [0.25, 0.3) is 0 Å². The van der Waals surface area contributed by atoms with Crippen LogP contribution in [0, 0.1) is 0 Å². The lowest BCUT2D eigenvalue weighted by molar-refractivity contribution is 0.0539. The van der Waals surface area contributed by atoms with Crippen molar-refractivity contribution in [3.05, 3.63) is 48.6 Å². The molecule has 2 atom stereocenters. The molecule has 0 fully saturated rings. The molecule has 100 valence electrons. The molecule has 2 unspecified atom stereocenters. The Labute approximate surface area is 112 Å². The van der Waals surface area contributed by atoms with Crippen LogP contribution in [0.5, 0.6) is 0 Å². The summed E-state index contributed by atoms with van der Waals surface area (Å²) >= 11 is 0. The molecular weight excluding hydrogens is 220 g/mol. The third-order valence-electron chi connectivity index (χ3n) is 3.32. The summed E-state index contributed by atoms with van der Waals surface area (Å²) in [5, 5.41) is 0. The Kier molecular flexibility index (Phi) is 7.43. The first-order valence-corrected chi connectivity index (χ1v) is 7.08. The van der Waals surface area contributed by atoms with E-state index in [2.05, 4.69) is 44.7 Å². The summed E-state index contributed by atoms with van der Waals surface area (Å²) in [4.78, 5) is 0. The summed E-state index contributed by atoms with van der Waals surface area (Å²) in [6, 6.07) is 10.5. The van der Waals surface area contributed by atoms with E-state index >= 15 is 0 Å². The van der Waals surface area contributed by atoms with E-state index in [0.29, 0.717) is 0 Å². The molecule has 0 aliphatic carbocycles. The predicted octanol–water partition coefficient (Wildman–Crippen LogP) is 4.94. The van der Waals surface area contributed by atoms with Crippen molar-refractivity contribution in [3.63, 3.8) is 0 Å². The molecule has 0 saturated carbocycles. The molecule has 0 spiro atoms. The van der Waals surface area contributed by atoms with Gasteiger partial charge >= 0.3 is 0 Å². The molecule has 0 saturated heterocycles. The van der Waals surface area contributed by atoms with Gasteiger partial charge in [-0.2, -0.15) is 0 Å². The van der Waals surface area contributed by atoms with Gasteiger partial charge in [0.15, 0.2) is 0 Å². The molecule has 1 aromatic rings. The molecule has 18 heavy (non-hydrogen) atoms. The molecule has 0 amide bonds. The maximum absolute atomic E-state index is 5.92. The van der Waals surface area contributed by atoms with Gasteiger partial charge in [-0.05, 0) is 18.9 Å². The lowest BCUT2D eigenvalue weighted by Gasteiger charge is -2.21. The van der Waals surface area contributed by atoms with Crippen molar-refractivity contribution in [2.75, 3.05) is 6.61 Å². The zero-order valence-electron chi connectivity index (χ0n) is 11.8. The second-order valence-electron chi connectivity index (χ2n) is 4.81. The Morgan fingerprint density at radius 1 is 1.17 bits per heavy atom. The second kappa shape index (κ2) is 8.93. The van der Waals surface area contributed by atoms with Gasteiger partial charge < -0.3 is 4.74 Å². The van der Waals surface area contributed by atoms with Gasteiger partial charge in [-0.1, -0.05) is 62.6 Å². The summed E-state index contributed by atoms with van der Waals surface area (Å²) in [5.41, 5.74) is 1.29. The largest absolute Gasteiger partial charge is 0.378 e. The molecule has 1 rings (SSSR count). The molecule has 0 heterocycles. The maximum atomic E-state index is 5.92. The zero-order chi connectivity index (χ0) is 13.2. The minimum atomic E-state index is 0.200. The van der Waals surface area contributed by atoms with Gasteiger partial charge in [0.1, 0.15) is 0 Å². The quantitative estimate of drug-likeness (QED) is 0.443. The number of rotatable bonds is 9. The van der Waals surface area contributed by atoms with Crippen molar-refractivity contribution >= 4 is 0 Å². The normalized spacial score (nSPS) is 14.1. The molecule has 0 radical (unpaired) electrons. The lowest BCUT2D eigenvalue weighted by Crippen LogP contribution is -2.18. The first kappa shape index (κ1) is 15.0. The van der Waals surface area contributed by atoms with Crippen molar-refractivity contribution in [2.24, 2.45) is 0 Å². The van der Waals surface area contributed by atoms with Crippen LogP contribution in [0.25, 0.3) is 0 Å². The number of ether oxygens (including phenoxy) is 1. The second-order valence-corrected chi connectivity index (χ2v) is 4.81. The highest BCUT2D eigenvalue weighted by atomic mass is 16.5. The Bertz CT molecular complexity index is 318. The van der Waals surface area contributed by atoms with E-state index < -0.39 is 0 Å². The predicted molar refractivity (Wildman–Crippen MR) is 78.9 cm³/mol. The first-order valence-electron chi connectivity index (χ1n) is 7.08. The van der Waals surface area contributed by atoms with E-state index in [4.69, 9.17) is 4.74 Å². The molecule has 0 bridgehead atoms. The monoisotopic (exact) mass is 246 g/mol. The van der Waals surface area contributed by atoms with E-state index in [1.54, 1.807) is 0 Å². The third kappa shape index (κ3) is 5.05. The number of hydrogen-bond acceptors (Lipinski definition) is 1. The van der Waals surface area contributed by atoms with E-state index in [0.717, 1.165) is 13.0 Å². The molecule has 1 heteroatoms. The fraction of sp³-hybridized carbons (Fsp3) is 0.529. The van der Waals surface area contributed by atoms with Crippen LogP contribution in [0.15, 0.2) is 43.0 Å². The van der Waals surface area contributed by atoms with E-state index in [9.17, 15) is 0 Å². The summed E-state index contributed by atoms with van der Waals surface area (Å²) in [6.45, 7) is 9.16. The van der Waals surface area contributed by atoms with Crippen LogP contribution in [-0.2, 0) is 4.74 Å². The third-order valence-corrected chi connectivity index (χ3v) is 3.32. The van der Waals surface area contributed by atoms with Crippen molar-refractivity contribution in [3.8, 4) is 0 Å². The van der Waals surface area contributed by atoms with Crippen LogP contribution in [0.4, 0.5) is 0 Å². The highest BCUT2D eigenvalue weighted by molar-refractivity contribution is 5.24. The van der Waals surface area contributed by atoms with Gasteiger partial charge in [0.2, 0.25) is 0 Å². The lowest BCUT2D eigenvalue weighted by atomic mass is 9.94. The van der Waals surface area contributed by atoms with Crippen LogP contribution >= 0.6 is 0 Å². The number of unbranched alkanes of at least 4 members (excludes halogenated alkanes) is 3. The van der Waals surface area contributed by atoms with Crippen LogP contribution < -0.4 is 0 Å². The summed E-state index contributed by atoms with van der Waals surface area (Å²) in [6.07, 6.45) is 7.21. The van der Waals surface area contributed by atoms with Crippen LogP contribution in [0.1, 0.15) is 51.0 Å². The van der Waals surface area contributed by atoms with Crippen LogP contribution in [0.2, 0.25) is 0 Å². The standard InChI is InChI=1S/C17H26O/c1-4-6-7-11-14-18-15(3)17(5-2)16-12-9-8-10-13-16/h5,8-10,12-13,15,17H,2,4,6-7,11,14H2,1,3H3. The Morgan fingerprint density at radius 3 is 2.50 bits per heavy atom.